The molecule has 206 valence electrons. The van der Waals surface area contributed by atoms with Gasteiger partial charge in [0.1, 0.15) is 0 Å². The molecular weight excluding hydrogens is 551 g/mol. The molecule has 0 bridgehead atoms. The second-order valence-electron chi connectivity index (χ2n) is 11.4. The van der Waals surface area contributed by atoms with Gasteiger partial charge in [-0.2, -0.15) is 0 Å². The quantitative estimate of drug-likeness (QED) is 0.196. The van der Waals surface area contributed by atoms with Crippen molar-refractivity contribution in [3.05, 3.63) is 164 Å². The molecule has 2 aromatic heterocycles. The summed E-state index contributed by atoms with van der Waals surface area (Å²) in [6.07, 6.45) is 0. The van der Waals surface area contributed by atoms with Crippen LogP contribution in [-0.2, 0) is 0 Å². The first-order chi connectivity index (χ1) is 21.8. The third-order valence-electron chi connectivity index (χ3n) is 8.80. The van der Waals surface area contributed by atoms with E-state index in [1.165, 1.54) is 75.4 Å². The molecule has 9 aromatic rings. The summed E-state index contributed by atoms with van der Waals surface area (Å²) in [5.41, 5.74) is 11.0. The zero-order valence-corrected chi connectivity index (χ0v) is 24.8. The van der Waals surface area contributed by atoms with Crippen molar-refractivity contribution in [2.24, 2.45) is 0 Å². The van der Waals surface area contributed by atoms with Crippen LogP contribution in [0.4, 0.5) is 0 Å². The smallest absolute Gasteiger partial charge is 0.0541 e. The molecule has 7 aromatic carbocycles. The molecule has 0 saturated carbocycles. The minimum atomic E-state index is 1.16. The van der Waals surface area contributed by atoms with Gasteiger partial charge in [-0.1, -0.05) is 127 Å². The lowest BCUT2D eigenvalue weighted by molar-refractivity contribution is 1.18. The highest BCUT2D eigenvalue weighted by Crippen LogP contribution is 2.41. The van der Waals surface area contributed by atoms with Crippen molar-refractivity contribution in [2.45, 2.75) is 0 Å². The van der Waals surface area contributed by atoms with E-state index in [1.807, 2.05) is 11.3 Å². The highest BCUT2D eigenvalue weighted by Gasteiger charge is 2.15. The Morgan fingerprint density at radius 2 is 0.909 bits per heavy atom. The average Bonchev–Trinajstić information content (AvgIpc) is 3.65. The van der Waals surface area contributed by atoms with Crippen molar-refractivity contribution in [1.82, 2.24) is 4.57 Å². The molecule has 0 amide bonds. The fraction of sp³-hybridized carbons (Fsp3) is 0. The van der Waals surface area contributed by atoms with E-state index in [-0.39, 0.29) is 0 Å². The summed E-state index contributed by atoms with van der Waals surface area (Å²) in [7, 11) is 0. The Morgan fingerprint density at radius 3 is 1.61 bits per heavy atom. The Balaban J connectivity index is 1.22. The van der Waals surface area contributed by atoms with Crippen molar-refractivity contribution in [2.75, 3.05) is 0 Å². The Kier molecular flexibility index (Phi) is 5.75. The molecule has 0 spiro atoms. The van der Waals surface area contributed by atoms with Gasteiger partial charge in [0.15, 0.2) is 0 Å². The number of para-hydroxylation sites is 2. The molecule has 0 aliphatic carbocycles. The molecule has 1 nitrogen and oxygen atoms in total. The lowest BCUT2D eigenvalue weighted by Crippen LogP contribution is -1.96. The summed E-state index contributed by atoms with van der Waals surface area (Å²) in [5.74, 6) is 0. The fourth-order valence-electron chi connectivity index (χ4n) is 6.72. The zero-order chi connectivity index (χ0) is 29.0. The van der Waals surface area contributed by atoms with E-state index >= 15 is 0 Å². The summed E-state index contributed by atoms with van der Waals surface area (Å²) in [4.78, 5) is 0. The van der Waals surface area contributed by atoms with Gasteiger partial charge in [-0.25, -0.2) is 0 Å². The van der Waals surface area contributed by atoms with Gasteiger partial charge in [0, 0.05) is 36.6 Å². The van der Waals surface area contributed by atoms with E-state index in [4.69, 9.17) is 0 Å². The second-order valence-corrected chi connectivity index (χ2v) is 12.4. The van der Waals surface area contributed by atoms with Crippen LogP contribution < -0.4 is 0 Å². The minimum Gasteiger partial charge on any atom is -0.309 e. The number of aromatic nitrogens is 1. The van der Waals surface area contributed by atoms with Crippen LogP contribution in [0.5, 0.6) is 0 Å². The van der Waals surface area contributed by atoms with Crippen molar-refractivity contribution in [1.29, 1.82) is 0 Å². The third-order valence-corrected chi connectivity index (χ3v) is 10.0. The van der Waals surface area contributed by atoms with Gasteiger partial charge in [-0.3, -0.25) is 0 Å². The number of benzene rings is 7. The number of nitrogens with zero attached hydrogens (tertiary/aromatic N) is 1. The highest BCUT2D eigenvalue weighted by molar-refractivity contribution is 7.26. The Labute approximate surface area is 259 Å². The van der Waals surface area contributed by atoms with Crippen molar-refractivity contribution in [3.63, 3.8) is 0 Å². The molecule has 2 heterocycles. The summed E-state index contributed by atoms with van der Waals surface area (Å²) < 4.78 is 5.10. The normalized spacial score (nSPS) is 11.6. The number of thiophene rings is 1. The second kappa shape index (κ2) is 10.1. The molecule has 9 rings (SSSR count). The molecule has 0 atom stereocenters. The topological polar surface area (TPSA) is 4.93 Å². The first-order valence-electron chi connectivity index (χ1n) is 15.0. The van der Waals surface area contributed by atoms with Crippen LogP contribution >= 0.6 is 11.3 Å². The van der Waals surface area contributed by atoms with Crippen molar-refractivity contribution < 1.29 is 0 Å². The number of rotatable bonds is 4. The molecular formula is C42H27NS. The minimum absolute atomic E-state index is 1.16. The summed E-state index contributed by atoms with van der Waals surface area (Å²) >= 11 is 1.88. The van der Waals surface area contributed by atoms with E-state index in [2.05, 4.69) is 168 Å². The standard InChI is InChI=1S/C42H27NS/c1-2-11-28(12-3-1)31-25-32(27-33(26-31)43-39-18-7-4-13-35(39)36-14-5-8-19-40(36)43)29-21-23-30(24-22-29)34-16-10-17-38-37-15-6-9-20-41(37)44-42(34)38/h1-27H. The van der Waals surface area contributed by atoms with Crippen LogP contribution in [-0.4, -0.2) is 4.57 Å². The number of hydrogen-bond acceptors (Lipinski definition) is 1. The van der Waals surface area contributed by atoms with Gasteiger partial charge in [0.05, 0.1) is 11.0 Å². The van der Waals surface area contributed by atoms with Crippen molar-refractivity contribution in [3.8, 4) is 39.1 Å². The van der Waals surface area contributed by atoms with Crippen LogP contribution in [0.25, 0.3) is 81.0 Å². The zero-order valence-electron chi connectivity index (χ0n) is 23.9. The molecule has 0 saturated heterocycles. The number of hydrogen-bond donors (Lipinski definition) is 0. The van der Waals surface area contributed by atoms with Crippen LogP contribution in [0.2, 0.25) is 0 Å². The SMILES string of the molecule is c1ccc(-c2cc(-c3ccc(-c4cccc5c4sc4ccccc45)cc3)cc(-n3c4ccccc4c4ccccc43)c2)cc1. The van der Waals surface area contributed by atoms with Crippen molar-refractivity contribution >= 4 is 53.3 Å². The van der Waals surface area contributed by atoms with Gasteiger partial charge < -0.3 is 4.57 Å². The van der Waals surface area contributed by atoms with Crippen LogP contribution in [0, 0.1) is 0 Å². The maximum Gasteiger partial charge on any atom is 0.0541 e. The van der Waals surface area contributed by atoms with E-state index in [0.717, 1.165) is 5.69 Å². The predicted molar refractivity (Wildman–Crippen MR) is 190 cm³/mol. The van der Waals surface area contributed by atoms with Gasteiger partial charge in [0.2, 0.25) is 0 Å². The summed E-state index contributed by atoms with van der Waals surface area (Å²) in [5, 5.41) is 5.21. The third kappa shape index (κ3) is 4.00. The molecule has 0 radical (unpaired) electrons. The molecule has 2 heteroatoms. The van der Waals surface area contributed by atoms with Gasteiger partial charge in [-0.05, 0) is 69.8 Å². The van der Waals surface area contributed by atoms with Crippen LogP contribution in [0.3, 0.4) is 0 Å². The predicted octanol–water partition coefficient (Wildman–Crippen LogP) is 12.2. The van der Waals surface area contributed by atoms with Crippen LogP contribution in [0.15, 0.2) is 164 Å². The first-order valence-corrected chi connectivity index (χ1v) is 15.8. The maximum absolute atomic E-state index is 2.41. The van der Waals surface area contributed by atoms with E-state index in [9.17, 15) is 0 Å². The lowest BCUT2D eigenvalue weighted by atomic mass is 9.96. The Hall–Kier alpha value is -5.44. The summed E-state index contributed by atoms with van der Waals surface area (Å²) in [6, 6.07) is 59.7. The molecule has 0 N–H and O–H groups in total. The van der Waals surface area contributed by atoms with Gasteiger partial charge in [-0.15, -0.1) is 11.3 Å². The van der Waals surface area contributed by atoms with E-state index in [0.29, 0.717) is 0 Å². The summed E-state index contributed by atoms with van der Waals surface area (Å²) in [6.45, 7) is 0. The van der Waals surface area contributed by atoms with Gasteiger partial charge >= 0.3 is 0 Å². The largest absolute Gasteiger partial charge is 0.309 e. The molecule has 0 unspecified atom stereocenters. The van der Waals surface area contributed by atoms with Gasteiger partial charge in [0.25, 0.3) is 0 Å². The highest BCUT2D eigenvalue weighted by atomic mass is 32.1. The molecule has 0 aliphatic heterocycles. The Bertz CT molecular complexity index is 2430. The van der Waals surface area contributed by atoms with Crippen LogP contribution in [0.1, 0.15) is 0 Å². The number of fused-ring (bicyclic) bond motifs is 6. The average molecular weight is 578 g/mol. The fourth-order valence-corrected chi connectivity index (χ4v) is 7.96. The molecule has 0 aliphatic rings. The molecule has 44 heavy (non-hydrogen) atoms. The maximum atomic E-state index is 2.41. The molecule has 0 fully saturated rings. The lowest BCUT2D eigenvalue weighted by Gasteiger charge is -2.14. The monoisotopic (exact) mass is 577 g/mol. The Morgan fingerprint density at radius 1 is 0.364 bits per heavy atom. The van der Waals surface area contributed by atoms with E-state index < -0.39 is 0 Å². The first kappa shape index (κ1) is 25.1. The van der Waals surface area contributed by atoms with E-state index in [1.54, 1.807) is 0 Å².